The number of nitrogens with zero attached hydrogens (tertiary/aromatic N) is 4. The lowest BCUT2D eigenvalue weighted by Crippen LogP contribution is -2.29. The van der Waals surface area contributed by atoms with Gasteiger partial charge in [-0.05, 0) is 12.5 Å². The fraction of sp³-hybridized carbons (Fsp3) is 0.176. The maximum absolute atomic E-state index is 12.8. The van der Waals surface area contributed by atoms with E-state index in [-0.39, 0.29) is 18.4 Å². The molecule has 0 saturated carbocycles. The molecule has 2 aromatic heterocycles. The van der Waals surface area contributed by atoms with E-state index < -0.39 is 0 Å². The molecular formula is C17H14N4O2. The third kappa shape index (κ3) is 1.88. The van der Waals surface area contributed by atoms with Crippen LogP contribution in [-0.4, -0.2) is 31.5 Å². The summed E-state index contributed by atoms with van der Waals surface area (Å²) in [6.07, 6.45) is 1.48. The van der Waals surface area contributed by atoms with Crippen LogP contribution < -0.4 is 0 Å². The molecule has 0 unspecified atom stereocenters. The van der Waals surface area contributed by atoms with Gasteiger partial charge in [0.05, 0.1) is 28.8 Å². The summed E-state index contributed by atoms with van der Waals surface area (Å²) in [7, 11) is 1.78. The van der Waals surface area contributed by atoms with E-state index in [4.69, 9.17) is 0 Å². The van der Waals surface area contributed by atoms with Crippen LogP contribution in [-0.2, 0) is 13.6 Å². The average Bonchev–Trinajstić information content (AvgIpc) is 2.97. The first-order valence-corrected chi connectivity index (χ1v) is 7.30. The van der Waals surface area contributed by atoms with Gasteiger partial charge in [0.15, 0.2) is 5.65 Å². The van der Waals surface area contributed by atoms with Crippen molar-refractivity contribution in [3.63, 3.8) is 0 Å². The summed E-state index contributed by atoms with van der Waals surface area (Å²) < 4.78 is 1.63. The molecule has 1 aliphatic heterocycles. The van der Waals surface area contributed by atoms with Gasteiger partial charge in [0.1, 0.15) is 0 Å². The molecule has 6 heteroatoms. The van der Waals surface area contributed by atoms with Gasteiger partial charge >= 0.3 is 0 Å². The maximum Gasteiger partial charge on any atom is 0.263 e. The molecule has 1 aliphatic rings. The molecule has 0 spiro atoms. The van der Waals surface area contributed by atoms with Crippen molar-refractivity contribution in [2.45, 2.75) is 13.5 Å². The number of benzene rings is 1. The van der Waals surface area contributed by atoms with Gasteiger partial charge in [-0.1, -0.05) is 30.3 Å². The average molecular weight is 306 g/mol. The number of imide groups is 1. The maximum atomic E-state index is 12.8. The van der Waals surface area contributed by atoms with E-state index in [0.717, 1.165) is 5.56 Å². The molecule has 0 N–H and O–H groups in total. The zero-order chi connectivity index (χ0) is 16.1. The second-order valence-electron chi connectivity index (χ2n) is 5.64. The highest BCUT2D eigenvalue weighted by Gasteiger charge is 2.38. The van der Waals surface area contributed by atoms with Crippen molar-refractivity contribution in [3.8, 4) is 0 Å². The quantitative estimate of drug-likeness (QED) is 0.680. The second kappa shape index (κ2) is 4.74. The van der Waals surface area contributed by atoms with E-state index in [1.807, 2.05) is 37.3 Å². The molecule has 4 rings (SSSR count). The Hall–Kier alpha value is -3.02. The monoisotopic (exact) mass is 306 g/mol. The molecule has 2 amide bonds. The molecule has 23 heavy (non-hydrogen) atoms. The number of aromatic nitrogens is 3. The smallest absolute Gasteiger partial charge is 0.263 e. The van der Waals surface area contributed by atoms with Gasteiger partial charge in [0.25, 0.3) is 11.8 Å². The number of hydrogen-bond donors (Lipinski definition) is 0. The van der Waals surface area contributed by atoms with E-state index in [9.17, 15) is 9.59 Å². The number of hydrogen-bond acceptors (Lipinski definition) is 4. The molecule has 0 atom stereocenters. The molecule has 3 heterocycles. The summed E-state index contributed by atoms with van der Waals surface area (Å²) in [6, 6.07) is 9.47. The van der Waals surface area contributed by atoms with Crippen LogP contribution in [0.5, 0.6) is 0 Å². The number of amides is 2. The van der Waals surface area contributed by atoms with Crippen molar-refractivity contribution in [3.05, 3.63) is 58.9 Å². The Labute approximate surface area is 132 Å². The minimum absolute atomic E-state index is 0.258. The normalized spacial score (nSPS) is 13.9. The first-order valence-electron chi connectivity index (χ1n) is 7.30. The Morgan fingerprint density at radius 2 is 1.83 bits per heavy atom. The SMILES string of the molecule is Cc1nn(C)c2ncc3c(c12)C(=O)N(Cc1ccccc1)C3=O. The molecular weight excluding hydrogens is 292 g/mol. The standard InChI is InChI=1S/C17H14N4O2/c1-10-13-14-12(8-18-15(13)20(2)19-10)16(22)21(17(14)23)9-11-6-4-3-5-7-11/h3-8H,9H2,1-2H3. The van der Waals surface area contributed by atoms with E-state index in [0.29, 0.717) is 27.9 Å². The summed E-state index contributed by atoms with van der Waals surface area (Å²) in [4.78, 5) is 31.0. The van der Waals surface area contributed by atoms with Crippen LogP contribution in [0.1, 0.15) is 32.0 Å². The van der Waals surface area contributed by atoms with Gasteiger partial charge in [-0.15, -0.1) is 0 Å². The van der Waals surface area contributed by atoms with Crippen LogP contribution in [0.15, 0.2) is 36.5 Å². The number of rotatable bonds is 2. The zero-order valence-corrected chi connectivity index (χ0v) is 12.8. The third-order valence-electron chi connectivity index (χ3n) is 4.15. The van der Waals surface area contributed by atoms with Gasteiger partial charge in [-0.3, -0.25) is 19.2 Å². The fourth-order valence-electron chi connectivity index (χ4n) is 3.08. The molecule has 6 nitrogen and oxygen atoms in total. The minimum Gasteiger partial charge on any atom is -0.270 e. The zero-order valence-electron chi connectivity index (χ0n) is 12.8. The third-order valence-corrected chi connectivity index (χ3v) is 4.15. The Bertz CT molecular complexity index is 960. The summed E-state index contributed by atoms with van der Waals surface area (Å²) in [6.45, 7) is 2.08. The molecule has 0 saturated heterocycles. The van der Waals surface area contributed by atoms with Gasteiger partial charge in [0, 0.05) is 13.2 Å². The number of pyridine rings is 1. The molecule has 0 radical (unpaired) electrons. The largest absolute Gasteiger partial charge is 0.270 e. The van der Waals surface area contributed by atoms with Crippen molar-refractivity contribution in [1.29, 1.82) is 0 Å². The Kier molecular flexibility index (Phi) is 2.81. The highest BCUT2D eigenvalue weighted by molar-refractivity contribution is 6.26. The lowest BCUT2D eigenvalue weighted by molar-refractivity contribution is 0.0643. The number of carbonyl (C=O) groups is 2. The van der Waals surface area contributed by atoms with Gasteiger partial charge < -0.3 is 0 Å². The Balaban J connectivity index is 1.85. The Morgan fingerprint density at radius 1 is 1.09 bits per heavy atom. The van der Waals surface area contributed by atoms with Crippen molar-refractivity contribution in [2.75, 3.05) is 0 Å². The minimum atomic E-state index is -0.300. The molecule has 0 bridgehead atoms. The summed E-state index contributed by atoms with van der Waals surface area (Å²) in [5.74, 6) is -0.580. The van der Waals surface area contributed by atoms with Crippen LogP contribution in [0.4, 0.5) is 0 Å². The second-order valence-corrected chi connectivity index (χ2v) is 5.64. The molecule has 1 aromatic carbocycles. The van der Waals surface area contributed by atoms with Crippen molar-refractivity contribution in [1.82, 2.24) is 19.7 Å². The van der Waals surface area contributed by atoms with Crippen LogP contribution in [0.25, 0.3) is 11.0 Å². The van der Waals surface area contributed by atoms with Crippen molar-refractivity contribution in [2.24, 2.45) is 7.05 Å². The molecule has 0 aliphatic carbocycles. The first-order chi connectivity index (χ1) is 11.1. The van der Waals surface area contributed by atoms with Gasteiger partial charge in [-0.25, -0.2) is 4.98 Å². The van der Waals surface area contributed by atoms with Crippen LogP contribution in [0.3, 0.4) is 0 Å². The lowest BCUT2D eigenvalue weighted by atomic mass is 10.1. The van der Waals surface area contributed by atoms with Crippen molar-refractivity contribution >= 4 is 22.8 Å². The summed E-state index contributed by atoms with van der Waals surface area (Å²) in [5, 5.41) is 4.97. The fourth-order valence-corrected chi connectivity index (χ4v) is 3.08. The van der Waals surface area contributed by atoms with Crippen LogP contribution in [0.2, 0.25) is 0 Å². The summed E-state index contributed by atoms with van der Waals surface area (Å²) in [5.41, 5.74) is 3.00. The topological polar surface area (TPSA) is 68.1 Å². The van der Waals surface area contributed by atoms with E-state index in [1.165, 1.54) is 11.1 Å². The van der Waals surface area contributed by atoms with Crippen LogP contribution in [0, 0.1) is 6.92 Å². The number of fused-ring (bicyclic) bond motifs is 3. The highest BCUT2D eigenvalue weighted by Crippen LogP contribution is 2.31. The van der Waals surface area contributed by atoms with Crippen LogP contribution >= 0.6 is 0 Å². The predicted molar refractivity (Wildman–Crippen MR) is 83.9 cm³/mol. The molecule has 3 aromatic rings. The first kappa shape index (κ1) is 13.6. The molecule has 0 fully saturated rings. The van der Waals surface area contributed by atoms with E-state index in [1.54, 1.807) is 11.7 Å². The van der Waals surface area contributed by atoms with Gasteiger partial charge in [-0.2, -0.15) is 5.10 Å². The van der Waals surface area contributed by atoms with Gasteiger partial charge in [0.2, 0.25) is 0 Å². The Morgan fingerprint density at radius 3 is 2.57 bits per heavy atom. The summed E-state index contributed by atoms with van der Waals surface area (Å²) >= 11 is 0. The number of carbonyl (C=O) groups excluding carboxylic acids is 2. The van der Waals surface area contributed by atoms with E-state index >= 15 is 0 Å². The van der Waals surface area contributed by atoms with Crippen molar-refractivity contribution < 1.29 is 9.59 Å². The van der Waals surface area contributed by atoms with E-state index in [2.05, 4.69) is 10.1 Å². The number of aryl methyl sites for hydroxylation is 2. The predicted octanol–water partition coefficient (Wildman–Crippen LogP) is 2.07. The molecule has 114 valence electrons. The lowest BCUT2D eigenvalue weighted by Gasteiger charge is -2.13. The highest BCUT2D eigenvalue weighted by atomic mass is 16.2.